The van der Waals surface area contributed by atoms with Crippen LogP contribution >= 0.6 is 0 Å². The molecule has 1 saturated heterocycles. The van der Waals surface area contributed by atoms with Crippen molar-refractivity contribution in [3.63, 3.8) is 0 Å². The van der Waals surface area contributed by atoms with Crippen LogP contribution in [0.15, 0.2) is 0 Å². The molecule has 2 saturated carbocycles. The lowest BCUT2D eigenvalue weighted by molar-refractivity contribution is -0.151. The third kappa shape index (κ3) is 2.58. The summed E-state index contributed by atoms with van der Waals surface area (Å²) in [4.78, 5) is 35.3. The summed E-state index contributed by atoms with van der Waals surface area (Å²) >= 11 is 0. The maximum Gasteiger partial charge on any atom is 0.333 e. The molecule has 1 amide bonds. The van der Waals surface area contributed by atoms with E-state index in [-0.39, 0.29) is 24.9 Å². The van der Waals surface area contributed by atoms with Gasteiger partial charge in [-0.05, 0) is 12.8 Å². The Kier molecular flexibility index (Phi) is 4.31. The predicted molar refractivity (Wildman–Crippen MR) is 81.4 cm³/mol. The third-order valence-corrected chi connectivity index (χ3v) is 7.82. The van der Waals surface area contributed by atoms with E-state index in [0.29, 0.717) is 0 Å². The molecule has 3 fully saturated rings. The van der Waals surface area contributed by atoms with Crippen LogP contribution in [-0.4, -0.2) is 57.0 Å². The van der Waals surface area contributed by atoms with Crippen LogP contribution in [0.25, 0.3) is 0 Å². The topological polar surface area (TPSA) is 116 Å². The number of hydrogen-bond donors (Lipinski definition) is 1. The van der Waals surface area contributed by atoms with Gasteiger partial charge in [0.05, 0.1) is 24.7 Å². The zero-order chi connectivity index (χ0) is 17.5. The van der Waals surface area contributed by atoms with Crippen molar-refractivity contribution < 1.29 is 32.3 Å². The highest BCUT2D eigenvalue weighted by Crippen LogP contribution is 2.58. The Labute approximate surface area is 140 Å². The Morgan fingerprint density at radius 2 is 1.96 bits per heavy atom. The van der Waals surface area contributed by atoms with Gasteiger partial charge in [0.1, 0.15) is 0 Å². The van der Waals surface area contributed by atoms with Crippen LogP contribution in [0.4, 0.5) is 0 Å². The fraction of sp³-hybridized carbons (Fsp3) is 0.800. The number of carbonyl (C=O) groups is 3. The molecule has 0 aromatic heterocycles. The summed E-state index contributed by atoms with van der Waals surface area (Å²) in [5.41, 5.74) is -1.57. The van der Waals surface area contributed by atoms with Crippen LogP contribution in [0.5, 0.6) is 0 Å². The van der Waals surface area contributed by atoms with Gasteiger partial charge in [0, 0.05) is 17.8 Å². The van der Waals surface area contributed by atoms with E-state index in [1.807, 2.05) is 0 Å². The van der Waals surface area contributed by atoms with Gasteiger partial charge in [0.25, 0.3) is 6.47 Å². The molecular formula is C15H21NO7S. The summed E-state index contributed by atoms with van der Waals surface area (Å²) in [5.74, 6) is -2.80. The Balaban J connectivity index is 1.87. The Morgan fingerprint density at radius 1 is 1.29 bits per heavy atom. The zero-order valence-corrected chi connectivity index (χ0v) is 14.2. The number of rotatable bonds is 6. The van der Waals surface area contributed by atoms with Gasteiger partial charge in [-0.3, -0.25) is 9.59 Å². The first-order valence-electron chi connectivity index (χ1n) is 8.04. The lowest BCUT2D eigenvalue weighted by atomic mass is 9.92. The SMILES string of the molecule is COC(=O)[C@]1(NC(=O)C2CCCC2)CS(=O)(=O)[C@H]2[C@H](COC=O)[C@H]21. The number of carbonyl (C=O) groups excluding carboxylic acids is 3. The molecule has 9 heteroatoms. The van der Waals surface area contributed by atoms with E-state index in [1.54, 1.807) is 0 Å². The van der Waals surface area contributed by atoms with Gasteiger partial charge in [0.15, 0.2) is 15.4 Å². The monoisotopic (exact) mass is 359 g/mol. The second-order valence-corrected chi connectivity index (χ2v) is 8.98. The Morgan fingerprint density at radius 3 is 2.54 bits per heavy atom. The van der Waals surface area contributed by atoms with Crippen LogP contribution in [0.2, 0.25) is 0 Å². The first-order chi connectivity index (χ1) is 11.4. The fourth-order valence-corrected chi connectivity index (χ4v) is 7.17. The first kappa shape index (κ1) is 17.2. The van der Waals surface area contributed by atoms with Crippen LogP contribution in [0.3, 0.4) is 0 Å². The molecule has 3 aliphatic rings. The zero-order valence-electron chi connectivity index (χ0n) is 13.4. The van der Waals surface area contributed by atoms with E-state index in [0.717, 1.165) is 25.7 Å². The molecule has 24 heavy (non-hydrogen) atoms. The highest BCUT2D eigenvalue weighted by molar-refractivity contribution is 7.92. The van der Waals surface area contributed by atoms with E-state index in [1.165, 1.54) is 7.11 Å². The minimum absolute atomic E-state index is 0.0872. The van der Waals surface area contributed by atoms with E-state index < -0.39 is 44.2 Å². The van der Waals surface area contributed by atoms with Crippen molar-refractivity contribution in [2.75, 3.05) is 19.5 Å². The molecule has 0 spiro atoms. The highest BCUT2D eigenvalue weighted by Gasteiger charge is 2.77. The molecule has 134 valence electrons. The maximum absolute atomic E-state index is 12.5. The van der Waals surface area contributed by atoms with Gasteiger partial charge in [-0.2, -0.15) is 0 Å². The van der Waals surface area contributed by atoms with Crippen LogP contribution < -0.4 is 5.32 Å². The second-order valence-electron chi connectivity index (χ2n) is 6.82. The molecular weight excluding hydrogens is 338 g/mol. The predicted octanol–water partition coefficient (Wildman–Crippen LogP) is -0.579. The Hall–Kier alpha value is -1.64. The summed E-state index contributed by atoms with van der Waals surface area (Å²) in [7, 11) is -2.40. The number of esters is 1. The van der Waals surface area contributed by atoms with Crippen molar-refractivity contribution in [3.05, 3.63) is 0 Å². The minimum Gasteiger partial charge on any atom is -0.468 e. The molecule has 0 unspecified atom stereocenters. The smallest absolute Gasteiger partial charge is 0.333 e. The molecule has 4 atom stereocenters. The third-order valence-electron chi connectivity index (χ3n) is 5.49. The lowest BCUT2D eigenvalue weighted by Gasteiger charge is -2.30. The van der Waals surface area contributed by atoms with Crippen LogP contribution in [0, 0.1) is 17.8 Å². The van der Waals surface area contributed by atoms with Crippen LogP contribution in [0.1, 0.15) is 25.7 Å². The van der Waals surface area contributed by atoms with Crippen molar-refractivity contribution >= 4 is 28.2 Å². The average molecular weight is 359 g/mol. The summed E-state index contributed by atoms with van der Waals surface area (Å²) in [6.07, 6.45) is 3.37. The number of amides is 1. The minimum atomic E-state index is -3.57. The number of sulfone groups is 1. The molecule has 1 N–H and O–H groups in total. The number of fused-ring (bicyclic) bond motifs is 1. The molecule has 3 rings (SSSR count). The Bertz CT molecular complexity index is 655. The largest absolute Gasteiger partial charge is 0.468 e. The number of nitrogens with one attached hydrogen (secondary N) is 1. The number of methoxy groups -OCH3 is 1. The summed E-state index contributed by atoms with van der Waals surface area (Å²) < 4.78 is 34.3. The van der Waals surface area contributed by atoms with Crippen molar-refractivity contribution in [1.29, 1.82) is 0 Å². The normalized spacial score (nSPS) is 36.6. The molecule has 0 aromatic carbocycles. The van der Waals surface area contributed by atoms with Gasteiger partial charge < -0.3 is 14.8 Å². The second kappa shape index (κ2) is 6.02. The standard InChI is InChI=1S/C15H21NO7S/c1-22-14(19)15(16-13(18)9-4-2-3-5-9)7-24(20,21)12-10(11(12)15)6-23-8-17/h8-12H,2-7H2,1H3,(H,16,18)/t10-,11-,12+,15+/m1/s1. The summed E-state index contributed by atoms with van der Waals surface area (Å²) in [6.45, 7) is 0.160. The lowest BCUT2D eigenvalue weighted by Crippen LogP contribution is -2.60. The fourth-order valence-electron chi connectivity index (χ4n) is 4.39. The number of ether oxygens (including phenoxy) is 2. The molecule has 1 heterocycles. The molecule has 0 bridgehead atoms. The van der Waals surface area contributed by atoms with Crippen molar-refractivity contribution in [3.8, 4) is 0 Å². The molecule has 0 aromatic rings. The quantitative estimate of drug-likeness (QED) is 0.498. The van der Waals surface area contributed by atoms with Crippen molar-refractivity contribution in [2.24, 2.45) is 17.8 Å². The highest BCUT2D eigenvalue weighted by atomic mass is 32.2. The van der Waals surface area contributed by atoms with Gasteiger partial charge >= 0.3 is 5.97 Å². The van der Waals surface area contributed by atoms with Gasteiger partial charge in [0.2, 0.25) is 5.91 Å². The van der Waals surface area contributed by atoms with Crippen molar-refractivity contribution in [2.45, 2.75) is 36.5 Å². The number of hydrogen-bond acceptors (Lipinski definition) is 7. The van der Waals surface area contributed by atoms with Crippen molar-refractivity contribution in [1.82, 2.24) is 5.32 Å². The molecule has 2 aliphatic carbocycles. The van der Waals surface area contributed by atoms with Gasteiger partial charge in [-0.1, -0.05) is 12.8 Å². The summed E-state index contributed by atoms with van der Waals surface area (Å²) in [6, 6.07) is 0. The average Bonchev–Trinajstić information content (AvgIpc) is 2.91. The maximum atomic E-state index is 12.5. The van der Waals surface area contributed by atoms with E-state index in [4.69, 9.17) is 4.74 Å². The van der Waals surface area contributed by atoms with E-state index in [2.05, 4.69) is 10.1 Å². The molecule has 1 aliphatic heterocycles. The van der Waals surface area contributed by atoms with Crippen LogP contribution in [-0.2, 0) is 33.7 Å². The van der Waals surface area contributed by atoms with Gasteiger partial charge in [-0.15, -0.1) is 0 Å². The summed E-state index contributed by atoms with van der Waals surface area (Å²) in [5, 5.41) is 1.92. The first-order valence-corrected chi connectivity index (χ1v) is 9.76. The molecule has 0 radical (unpaired) electrons. The van der Waals surface area contributed by atoms with E-state index in [9.17, 15) is 22.8 Å². The van der Waals surface area contributed by atoms with E-state index >= 15 is 0 Å². The molecule has 8 nitrogen and oxygen atoms in total. The van der Waals surface area contributed by atoms with Gasteiger partial charge in [-0.25, -0.2) is 13.2 Å².